The van der Waals surface area contributed by atoms with Crippen LogP contribution < -0.4 is 0 Å². The summed E-state index contributed by atoms with van der Waals surface area (Å²) in [6.45, 7) is 0. The Hall–Kier alpha value is -7.22. The van der Waals surface area contributed by atoms with Gasteiger partial charge in [0, 0.05) is 16.7 Å². The van der Waals surface area contributed by atoms with Crippen molar-refractivity contribution >= 4 is 44.8 Å². The predicted molar refractivity (Wildman–Crippen MR) is 171 cm³/mol. The van der Waals surface area contributed by atoms with Crippen molar-refractivity contribution in [2.45, 2.75) is 0 Å². The molecule has 4 aromatic heterocycles. The molecule has 332 valence electrons. The lowest BCUT2D eigenvalue weighted by Crippen LogP contribution is -2.05. The van der Waals surface area contributed by atoms with E-state index >= 15 is 61.5 Å². The van der Waals surface area contributed by atoms with Gasteiger partial charge in [-0.1, -0.05) is 0 Å². The number of aromatic amines is 3. The molecule has 0 fully saturated rings. The highest BCUT2D eigenvalue weighted by Crippen LogP contribution is 2.47. The number of benzene rings is 3. The van der Waals surface area contributed by atoms with E-state index in [2.05, 4.69) is 4.98 Å². The van der Waals surface area contributed by atoms with Gasteiger partial charge in [-0.05, 0) is 0 Å². The third-order valence-corrected chi connectivity index (χ3v) is 9.58. The molecule has 0 spiro atoms. The van der Waals surface area contributed by atoms with Crippen LogP contribution in [0.15, 0.2) is 0 Å². The van der Waals surface area contributed by atoms with E-state index in [9.17, 15) is 39.5 Å². The molecule has 7 aromatic rings. The first-order valence-electron chi connectivity index (χ1n) is 16.3. The normalized spacial score (nSPS) is 12.5. The summed E-state index contributed by atoms with van der Waals surface area (Å²) in [7, 11) is 0. The van der Waals surface area contributed by atoms with Crippen LogP contribution in [0.2, 0.25) is 0 Å². The van der Waals surface area contributed by atoms with Crippen LogP contribution in [0.1, 0.15) is 11.4 Å². The molecule has 0 atom stereocenters. The van der Waals surface area contributed by atoms with Gasteiger partial charge in [-0.2, -0.15) is 0 Å². The van der Waals surface area contributed by atoms with Crippen molar-refractivity contribution in [2.24, 2.45) is 0 Å². The zero-order chi connectivity index (χ0) is 47.2. The monoisotopic (exact) mass is 940 g/mol. The standard InChI is InChI=1S/C37H3F23N4/c38-7-1(8(39)14(45)19(50)13(7)44)4-30-22(53)24(55)32(61-30)5(2-9(40)15(46)20(51)16(47)10(2)41)34-26(57)28(59)36(63-34)37-29(60)27(58)35(64-37)6(33-25(56)23(54)31(4)62-33)3-11(42)17(48)21(52)18(49)12(3)43/h61-63H. The number of H-pyrrole nitrogens is 3. The molecule has 8 bridgehead atoms. The number of hydrogen-bond donors (Lipinski definition) is 3. The van der Waals surface area contributed by atoms with Crippen LogP contribution in [0.4, 0.5) is 101 Å². The van der Waals surface area contributed by atoms with Crippen molar-refractivity contribution in [3.05, 3.63) is 134 Å². The molecule has 3 aromatic carbocycles. The molecule has 8 rings (SSSR count). The fourth-order valence-electron chi connectivity index (χ4n) is 6.72. The molecule has 0 amide bonds. The smallest absolute Gasteiger partial charge is 0.200 e. The highest BCUT2D eigenvalue weighted by molar-refractivity contribution is 6.03. The van der Waals surface area contributed by atoms with Crippen molar-refractivity contribution in [1.82, 2.24) is 19.9 Å². The Kier molecular flexibility index (Phi) is 9.78. The first-order valence-corrected chi connectivity index (χ1v) is 16.3. The van der Waals surface area contributed by atoms with Gasteiger partial charge < -0.3 is 15.0 Å². The van der Waals surface area contributed by atoms with Crippen molar-refractivity contribution in [2.75, 3.05) is 0 Å². The number of nitrogens with one attached hydrogen (secondary N) is 3. The van der Waals surface area contributed by atoms with Crippen LogP contribution in [-0.4, -0.2) is 19.9 Å². The van der Waals surface area contributed by atoms with Gasteiger partial charge in [-0.3, -0.25) is 0 Å². The Labute approximate surface area is 332 Å². The summed E-state index contributed by atoms with van der Waals surface area (Å²) >= 11 is 0. The number of nitrogens with zero attached hydrogens (tertiary/aromatic N) is 1. The predicted octanol–water partition coefficient (Wildman–Crippen LogP) is 13.2. The number of aromatic nitrogens is 4. The highest BCUT2D eigenvalue weighted by atomic mass is 19.2. The van der Waals surface area contributed by atoms with Crippen LogP contribution in [0.5, 0.6) is 0 Å². The lowest BCUT2D eigenvalue weighted by atomic mass is 10.0. The summed E-state index contributed by atoms with van der Waals surface area (Å²) in [5.41, 5.74) is -33.6. The molecule has 0 radical (unpaired) electrons. The van der Waals surface area contributed by atoms with Gasteiger partial charge in [0.2, 0.25) is 17.5 Å². The van der Waals surface area contributed by atoms with Gasteiger partial charge >= 0.3 is 0 Å². The third-order valence-electron chi connectivity index (χ3n) is 9.58. The first-order chi connectivity index (χ1) is 29.9. The second kappa shape index (κ2) is 14.4. The van der Waals surface area contributed by atoms with Crippen LogP contribution in [0.25, 0.3) is 78.1 Å². The maximum Gasteiger partial charge on any atom is 0.200 e. The SMILES string of the molecule is FC1=C(F)c2nc1c(-c1c(F)c(F)c(F)c(F)c1F)c1[nH]c(c(F)c1F)c(-c1c(F)c(F)c(F)c(F)c1F)c1[nH]c(c(F)c1F)c(-c1c(F)c(F)c(F)c(F)c1F)c1[nH]c2c(F)c1F. The molecule has 0 saturated carbocycles. The Morgan fingerprint density at radius 2 is 0.391 bits per heavy atom. The van der Waals surface area contributed by atoms with Gasteiger partial charge in [-0.25, -0.2) is 106 Å². The van der Waals surface area contributed by atoms with E-state index in [4.69, 9.17) is 0 Å². The van der Waals surface area contributed by atoms with E-state index < -0.39 is 212 Å². The van der Waals surface area contributed by atoms with Crippen LogP contribution >= 0.6 is 0 Å². The molecule has 1 aliphatic rings. The van der Waals surface area contributed by atoms with Gasteiger partial charge in [0.15, 0.2) is 116 Å². The Bertz CT molecular complexity index is 3400. The van der Waals surface area contributed by atoms with Gasteiger partial charge in [0.05, 0.1) is 44.3 Å². The number of rotatable bonds is 3. The van der Waals surface area contributed by atoms with Gasteiger partial charge in [0.1, 0.15) is 16.9 Å². The van der Waals surface area contributed by atoms with E-state index in [0.717, 1.165) is 0 Å². The summed E-state index contributed by atoms with van der Waals surface area (Å²) in [4.78, 5) is 6.76. The number of fused-ring (bicyclic) bond motifs is 9. The first kappa shape index (κ1) is 43.4. The highest BCUT2D eigenvalue weighted by Gasteiger charge is 2.39. The van der Waals surface area contributed by atoms with E-state index in [0.29, 0.717) is 0 Å². The van der Waals surface area contributed by atoms with Crippen molar-refractivity contribution in [3.63, 3.8) is 0 Å². The average molecular weight is 940 g/mol. The molecular formula is C37H3F23N4. The molecule has 27 heteroatoms. The maximum absolute atomic E-state index is 16.3. The fourth-order valence-corrected chi connectivity index (χ4v) is 6.72. The maximum atomic E-state index is 16.3. The quantitative estimate of drug-likeness (QED) is 0.0923. The molecule has 0 aliphatic carbocycles. The number of halogens is 23. The molecule has 3 N–H and O–H groups in total. The number of hydrogen-bond acceptors (Lipinski definition) is 1. The van der Waals surface area contributed by atoms with E-state index in [1.807, 2.05) is 0 Å². The lowest BCUT2D eigenvalue weighted by Gasteiger charge is -2.11. The Balaban J connectivity index is 1.82. The third kappa shape index (κ3) is 5.56. The summed E-state index contributed by atoms with van der Waals surface area (Å²) in [6.07, 6.45) is 0. The minimum atomic E-state index is -3.15. The zero-order valence-corrected chi connectivity index (χ0v) is 29.1. The second-order valence-electron chi connectivity index (χ2n) is 12.9. The minimum absolute atomic E-state index is 1.21. The molecule has 64 heavy (non-hydrogen) atoms. The van der Waals surface area contributed by atoms with Crippen molar-refractivity contribution < 1.29 is 101 Å². The van der Waals surface area contributed by atoms with Crippen LogP contribution in [0.3, 0.4) is 0 Å². The zero-order valence-electron chi connectivity index (χ0n) is 29.1. The molecule has 1 aliphatic heterocycles. The summed E-state index contributed by atoms with van der Waals surface area (Å²) in [6, 6.07) is 0. The topological polar surface area (TPSA) is 60.3 Å². The Morgan fingerprint density at radius 3 is 0.688 bits per heavy atom. The Morgan fingerprint density at radius 1 is 0.188 bits per heavy atom. The molecule has 0 unspecified atom stereocenters. The van der Waals surface area contributed by atoms with Gasteiger partial charge in [-0.15, -0.1) is 0 Å². The summed E-state index contributed by atoms with van der Waals surface area (Å²) < 4.78 is 352. The van der Waals surface area contributed by atoms with E-state index in [1.165, 1.54) is 15.0 Å². The molecule has 4 nitrogen and oxygen atoms in total. The van der Waals surface area contributed by atoms with Crippen LogP contribution in [0, 0.1) is 122 Å². The fraction of sp³-hybridized carbons (Fsp3) is 0. The van der Waals surface area contributed by atoms with Crippen molar-refractivity contribution in [1.29, 1.82) is 0 Å². The molecule has 0 saturated heterocycles. The van der Waals surface area contributed by atoms with E-state index in [1.54, 1.807) is 0 Å². The van der Waals surface area contributed by atoms with E-state index in [-0.39, 0.29) is 0 Å². The minimum Gasteiger partial charge on any atom is -0.349 e. The largest absolute Gasteiger partial charge is 0.349 e. The average Bonchev–Trinajstić information content (AvgIpc) is 3.93. The second-order valence-corrected chi connectivity index (χ2v) is 12.9. The van der Waals surface area contributed by atoms with Crippen molar-refractivity contribution in [3.8, 4) is 33.4 Å². The van der Waals surface area contributed by atoms with Crippen LogP contribution in [-0.2, 0) is 0 Å². The van der Waals surface area contributed by atoms with Gasteiger partial charge in [0.25, 0.3) is 0 Å². The lowest BCUT2D eigenvalue weighted by molar-refractivity contribution is 0.381. The molecule has 5 heterocycles. The summed E-state index contributed by atoms with van der Waals surface area (Å²) in [5, 5.41) is 0. The molecular weight excluding hydrogens is 937 g/mol. The summed E-state index contributed by atoms with van der Waals surface area (Å²) in [5.74, 6) is -69.4.